The Balaban J connectivity index is 2.91. The Bertz CT molecular complexity index is 311. The maximum atomic E-state index is 9.04. The summed E-state index contributed by atoms with van der Waals surface area (Å²) in [5, 5.41) is 9.04. The summed E-state index contributed by atoms with van der Waals surface area (Å²) in [6, 6.07) is 10.4. The van der Waals surface area contributed by atoms with Crippen LogP contribution in [0.5, 0.6) is 0 Å². The van der Waals surface area contributed by atoms with Gasteiger partial charge >= 0.3 is 0 Å². The molecule has 0 radical (unpaired) electrons. The van der Waals surface area contributed by atoms with Crippen molar-refractivity contribution in [1.29, 1.82) is 0 Å². The second-order valence-corrected chi connectivity index (χ2v) is 3.75. The monoisotopic (exact) mass is 190 g/mol. The molecule has 1 N–H and O–H groups in total. The number of aliphatic hydroxyl groups excluding tert-OH is 1. The van der Waals surface area contributed by atoms with Gasteiger partial charge in [-0.15, -0.1) is 0 Å². The Morgan fingerprint density at radius 2 is 1.79 bits per heavy atom. The minimum atomic E-state index is 0.156. The first-order chi connectivity index (χ1) is 6.66. The predicted molar refractivity (Wildman–Crippen MR) is 60.3 cm³/mol. The van der Waals surface area contributed by atoms with Gasteiger partial charge < -0.3 is 5.11 Å². The summed E-state index contributed by atoms with van der Waals surface area (Å²) in [4.78, 5) is 0. The fourth-order valence-corrected chi connectivity index (χ4v) is 1.49. The van der Waals surface area contributed by atoms with Crippen LogP contribution in [0.25, 0.3) is 0 Å². The van der Waals surface area contributed by atoms with Crippen molar-refractivity contribution in [2.24, 2.45) is 0 Å². The van der Waals surface area contributed by atoms with Crippen LogP contribution in [0, 0.1) is 0 Å². The molecule has 0 aliphatic carbocycles. The van der Waals surface area contributed by atoms with E-state index < -0.39 is 0 Å². The molecule has 1 heteroatoms. The van der Waals surface area contributed by atoms with E-state index in [0.29, 0.717) is 5.92 Å². The van der Waals surface area contributed by atoms with Gasteiger partial charge in [0.2, 0.25) is 0 Å². The fourth-order valence-electron chi connectivity index (χ4n) is 1.49. The summed E-state index contributed by atoms with van der Waals surface area (Å²) >= 11 is 0. The van der Waals surface area contributed by atoms with Gasteiger partial charge in [-0.2, -0.15) is 0 Å². The smallest absolute Gasteiger partial charge is 0.0641 e. The van der Waals surface area contributed by atoms with Gasteiger partial charge in [-0.25, -0.2) is 0 Å². The highest BCUT2D eigenvalue weighted by molar-refractivity contribution is 5.29. The van der Waals surface area contributed by atoms with Crippen molar-refractivity contribution in [1.82, 2.24) is 0 Å². The Morgan fingerprint density at radius 3 is 2.29 bits per heavy atom. The van der Waals surface area contributed by atoms with E-state index in [1.165, 1.54) is 11.1 Å². The Kier molecular flexibility index (Phi) is 3.90. The van der Waals surface area contributed by atoms with E-state index in [1.54, 1.807) is 0 Å². The highest BCUT2D eigenvalue weighted by atomic mass is 16.3. The highest BCUT2D eigenvalue weighted by Gasteiger charge is 2.08. The van der Waals surface area contributed by atoms with Crippen LogP contribution in [0.4, 0.5) is 0 Å². The van der Waals surface area contributed by atoms with Gasteiger partial charge in [0.1, 0.15) is 0 Å². The van der Waals surface area contributed by atoms with Gasteiger partial charge in [0.25, 0.3) is 0 Å². The lowest BCUT2D eigenvalue weighted by atomic mass is 9.91. The van der Waals surface area contributed by atoms with Gasteiger partial charge in [-0.1, -0.05) is 42.8 Å². The van der Waals surface area contributed by atoms with Crippen molar-refractivity contribution >= 4 is 0 Å². The molecule has 0 aliphatic heterocycles. The van der Waals surface area contributed by atoms with Crippen LogP contribution < -0.4 is 0 Å². The van der Waals surface area contributed by atoms with E-state index in [2.05, 4.69) is 26.0 Å². The molecule has 0 fully saturated rings. The second kappa shape index (κ2) is 4.97. The second-order valence-electron chi connectivity index (χ2n) is 3.75. The van der Waals surface area contributed by atoms with Crippen molar-refractivity contribution in [3.05, 3.63) is 47.0 Å². The van der Waals surface area contributed by atoms with E-state index >= 15 is 0 Å². The lowest BCUT2D eigenvalue weighted by molar-refractivity contribution is 0.329. The fraction of sp³-hybridized carbons (Fsp3) is 0.385. The molecule has 0 heterocycles. The zero-order valence-electron chi connectivity index (χ0n) is 9.12. The molecule has 0 amide bonds. The lowest BCUT2D eigenvalue weighted by Gasteiger charge is -2.15. The number of hydrogen-bond donors (Lipinski definition) is 1. The van der Waals surface area contributed by atoms with Gasteiger partial charge in [-0.05, 0) is 25.0 Å². The number of rotatable bonds is 3. The SMILES string of the molecule is CC(CO)=C(C)C(C)c1ccccc1. The molecular formula is C13H18O. The summed E-state index contributed by atoms with van der Waals surface area (Å²) in [5.41, 5.74) is 3.64. The van der Waals surface area contributed by atoms with E-state index in [4.69, 9.17) is 5.11 Å². The molecule has 1 rings (SSSR count). The molecule has 1 unspecified atom stereocenters. The number of aliphatic hydroxyl groups is 1. The van der Waals surface area contributed by atoms with E-state index in [1.807, 2.05) is 25.1 Å². The molecule has 0 aromatic heterocycles. The molecular weight excluding hydrogens is 172 g/mol. The summed E-state index contributed by atoms with van der Waals surface area (Å²) < 4.78 is 0. The average molecular weight is 190 g/mol. The lowest BCUT2D eigenvalue weighted by Crippen LogP contribution is -1.99. The van der Waals surface area contributed by atoms with Crippen LogP contribution in [0.1, 0.15) is 32.3 Å². The van der Waals surface area contributed by atoms with Crippen LogP contribution >= 0.6 is 0 Å². The molecule has 0 aliphatic rings. The van der Waals surface area contributed by atoms with Crippen molar-refractivity contribution < 1.29 is 5.11 Å². The van der Waals surface area contributed by atoms with Crippen molar-refractivity contribution in [3.63, 3.8) is 0 Å². The van der Waals surface area contributed by atoms with Crippen LogP contribution in [-0.4, -0.2) is 11.7 Å². The number of allylic oxidation sites excluding steroid dienone is 1. The largest absolute Gasteiger partial charge is 0.392 e. The summed E-state index contributed by atoms with van der Waals surface area (Å²) in [6.45, 7) is 6.39. The van der Waals surface area contributed by atoms with Crippen LogP contribution in [0.2, 0.25) is 0 Å². The molecule has 1 atom stereocenters. The minimum Gasteiger partial charge on any atom is -0.392 e. The summed E-state index contributed by atoms with van der Waals surface area (Å²) in [6.07, 6.45) is 0. The first-order valence-electron chi connectivity index (χ1n) is 4.99. The Hall–Kier alpha value is -1.08. The van der Waals surface area contributed by atoms with Gasteiger partial charge in [0.05, 0.1) is 6.61 Å². The van der Waals surface area contributed by atoms with Gasteiger partial charge in [0.15, 0.2) is 0 Å². The highest BCUT2D eigenvalue weighted by Crippen LogP contribution is 2.25. The molecule has 0 spiro atoms. The molecule has 76 valence electrons. The zero-order chi connectivity index (χ0) is 10.6. The third-order valence-corrected chi connectivity index (χ3v) is 2.86. The van der Waals surface area contributed by atoms with Crippen LogP contribution in [0.15, 0.2) is 41.5 Å². The molecule has 0 saturated carbocycles. The molecule has 1 aromatic rings. The molecule has 0 saturated heterocycles. The maximum Gasteiger partial charge on any atom is 0.0641 e. The summed E-state index contributed by atoms with van der Waals surface area (Å²) in [5.74, 6) is 0.392. The van der Waals surface area contributed by atoms with Crippen LogP contribution in [-0.2, 0) is 0 Å². The van der Waals surface area contributed by atoms with Crippen molar-refractivity contribution in [2.75, 3.05) is 6.61 Å². The van der Waals surface area contributed by atoms with Crippen molar-refractivity contribution in [2.45, 2.75) is 26.7 Å². The van der Waals surface area contributed by atoms with E-state index in [0.717, 1.165) is 5.57 Å². The number of benzene rings is 1. The first kappa shape index (κ1) is 11.0. The third kappa shape index (κ3) is 2.46. The first-order valence-corrected chi connectivity index (χ1v) is 4.99. The zero-order valence-corrected chi connectivity index (χ0v) is 9.12. The minimum absolute atomic E-state index is 0.156. The topological polar surface area (TPSA) is 20.2 Å². The van der Waals surface area contributed by atoms with Crippen molar-refractivity contribution in [3.8, 4) is 0 Å². The molecule has 1 aromatic carbocycles. The summed E-state index contributed by atoms with van der Waals surface area (Å²) in [7, 11) is 0. The van der Waals surface area contributed by atoms with E-state index in [-0.39, 0.29) is 6.61 Å². The Labute approximate surface area is 86.1 Å². The molecule has 14 heavy (non-hydrogen) atoms. The van der Waals surface area contributed by atoms with Crippen LogP contribution in [0.3, 0.4) is 0 Å². The quantitative estimate of drug-likeness (QED) is 0.726. The molecule has 0 bridgehead atoms. The number of hydrogen-bond acceptors (Lipinski definition) is 1. The van der Waals surface area contributed by atoms with E-state index in [9.17, 15) is 0 Å². The Morgan fingerprint density at radius 1 is 1.21 bits per heavy atom. The predicted octanol–water partition coefficient (Wildman–Crippen LogP) is 3.12. The normalized spacial score (nSPS) is 14.9. The maximum absolute atomic E-state index is 9.04. The molecule has 1 nitrogen and oxygen atoms in total. The average Bonchev–Trinajstić information content (AvgIpc) is 2.27. The third-order valence-electron chi connectivity index (χ3n) is 2.86. The van der Waals surface area contributed by atoms with Gasteiger partial charge in [0, 0.05) is 5.92 Å². The van der Waals surface area contributed by atoms with Gasteiger partial charge in [-0.3, -0.25) is 0 Å². The standard InChI is InChI=1S/C13H18O/c1-10(9-14)11(2)12(3)13-7-5-4-6-8-13/h4-8,12,14H,9H2,1-3H3.